The third kappa shape index (κ3) is 2.85. The highest BCUT2D eigenvalue weighted by Gasteiger charge is 2.25. The Labute approximate surface area is 125 Å². The molecule has 2 N–H and O–H groups in total. The van der Waals surface area contributed by atoms with E-state index in [9.17, 15) is 9.18 Å². The molecule has 0 aliphatic carbocycles. The van der Waals surface area contributed by atoms with Crippen molar-refractivity contribution >= 4 is 23.0 Å². The maximum atomic E-state index is 13.1. The van der Waals surface area contributed by atoms with Crippen molar-refractivity contribution in [2.45, 2.75) is 19.4 Å². The summed E-state index contributed by atoms with van der Waals surface area (Å²) in [4.78, 5) is 13.3. The van der Waals surface area contributed by atoms with Crippen molar-refractivity contribution in [2.75, 3.05) is 12.3 Å². The molecule has 0 amide bonds. The van der Waals surface area contributed by atoms with E-state index < -0.39 is 5.97 Å². The van der Waals surface area contributed by atoms with Gasteiger partial charge in [-0.1, -0.05) is 0 Å². The Morgan fingerprint density at radius 3 is 3.05 bits per heavy atom. The SMILES string of the molecule is Cc1sc(C(=O)OCC2Cc3cc(F)ccc3O2)cc1N. The molecule has 0 spiro atoms. The maximum Gasteiger partial charge on any atom is 0.348 e. The molecule has 0 saturated heterocycles. The van der Waals surface area contributed by atoms with Crippen LogP contribution < -0.4 is 10.5 Å². The second-order valence-corrected chi connectivity index (χ2v) is 6.17. The number of anilines is 1. The number of carbonyl (C=O) groups is 1. The first-order valence-corrected chi connectivity index (χ1v) is 7.32. The van der Waals surface area contributed by atoms with Crippen molar-refractivity contribution in [1.29, 1.82) is 0 Å². The summed E-state index contributed by atoms with van der Waals surface area (Å²) in [6.45, 7) is 1.98. The number of nitrogen functional groups attached to an aromatic ring is 1. The molecule has 0 radical (unpaired) electrons. The van der Waals surface area contributed by atoms with Crippen LogP contribution in [0.1, 0.15) is 20.1 Å². The van der Waals surface area contributed by atoms with Crippen LogP contribution in [0.15, 0.2) is 24.3 Å². The van der Waals surface area contributed by atoms with Crippen molar-refractivity contribution in [3.8, 4) is 5.75 Å². The number of carbonyl (C=O) groups excluding carboxylic acids is 1. The molecule has 2 aromatic rings. The fraction of sp³-hybridized carbons (Fsp3) is 0.267. The average molecular weight is 307 g/mol. The quantitative estimate of drug-likeness (QED) is 0.886. The third-order valence-corrected chi connectivity index (χ3v) is 4.37. The van der Waals surface area contributed by atoms with E-state index in [0.29, 0.717) is 22.7 Å². The van der Waals surface area contributed by atoms with Crippen LogP contribution in [-0.2, 0) is 11.2 Å². The molecule has 1 aliphatic rings. The van der Waals surface area contributed by atoms with Gasteiger partial charge in [0.25, 0.3) is 0 Å². The number of hydrogen-bond donors (Lipinski definition) is 1. The maximum absolute atomic E-state index is 13.1. The van der Waals surface area contributed by atoms with E-state index in [1.54, 1.807) is 12.1 Å². The molecule has 110 valence electrons. The first-order valence-electron chi connectivity index (χ1n) is 6.51. The number of aryl methyl sites for hydroxylation is 1. The molecule has 0 bridgehead atoms. The first kappa shape index (κ1) is 13.9. The lowest BCUT2D eigenvalue weighted by Crippen LogP contribution is -2.22. The number of esters is 1. The molecular formula is C15H14FNO3S. The molecule has 21 heavy (non-hydrogen) atoms. The molecule has 0 saturated carbocycles. The molecule has 1 aromatic heterocycles. The predicted molar refractivity (Wildman–Crippen MR) is 78.3 cm³/mol. The number of halogens is 1. The molecular weight excluding hydrogens is 293 g/mol. The predicted octanol–water partition coefficient (Wildman–Crippen LogP) is 2.94. The lowest BCUT2D eigenvalue weighted by molar-refractivity contribution is 0.0352. The van der Waals surface area contributed by atoms with Gasteiger partial charge in [0.05, 0.1) is 0 Å². The van der Waals surface area contributed by atoms with Gasteiger partial charge in [0, 0.05) is 22.5 Å². The van der Waals surface area contributed by atoms with Gasteiger partial charge in [0.15, 0.2) is 0 Å². The van der Waals surface area contributed by atoms with Crippen LogP contribution in [0.4, 0.5) is 10.1 Å². The highest BCUT2D eigenvalue weighted by molar-refractivity contribution is 7.14. The van der Waals surface area contributed by atoms with Gasteiger partial charge in [-0.2, -0.15) is 0 Å². The van der Waals surface area contributed by atoms with Crippen molar-refractivity contribution in [3.05, 3.63) is 45.4 Å². The fourth-order valence-corrected chi connectivity index (χ4v) is 3.05. The molecule has 0 fully saturated rings. The molecule has 1 unspecified atom stereocenters. The molecule has 6 heteroatoms. The largest absolute Gasteiger partial charge is 0.486 e. The van der Waals surface area contributed by atoms with Crippen LogP contribution in [0.5, 0.6) is 5.75 Å². The van der Waals surface area contributed by atoms with E-state index in [4.69, 9.17) is 15.2 Å². The van der Waals surface area contributed by atoms with Gasteiger partial charge in [-0.05, 0) is 31.2 Å². The minimum Gasteiger partial charge on any atom is -0.486 e. The number of hydrogen-bond acceptors (Lipinski definition) is 5. The summed E-state index contributed by atoms with van der Waals surface area (Å²) in [6.07, 6.45) is 0.260. The number of rotatable bonds is 3. The highest BCUT2D eigenvalue weighted by Crippen LogP contribution is 2.30. The van der Waals surface area contributed by atoms with Gasteiger partial charge in [0.1, 0.15) is 29.2 Å². The summed E-state index contributed by atoms with van der Waals surface area (Å²) in [7, 11) is 0. The van der Waals surface area contributed by atoms with Gasteiger partial charge in [-0.25, -0.2) is 9.18 Å². The summed E-state index contributed by atoms with van der Waals surface area (Å²) in [6, 6.07) is 6.00. The van der Waals surface area contributed by atoms with E-state index in [0.717, 1.165) is 10.4 Å². The Hall–Kier alpha value is -2.08. The van der Waals surface area contributed by atoms with E-state index in [2.05, 4.69) is 0 Å². The van der Waals surface area contributed by atoms with Gasteiger partial charge in [-0.15, -0.1) is 11.3 Å². The zero-order valence-electron chi connectivity index (χ0n) is 11.4. The molecule has 1 atom stereocenters. The van der Waals surface area contributed by atoms with Gasteiger partial charge in [-0.3, -0.25) is 0 Å². The number of benzene rings is 1. The molecule has 4 nitrogen and oxygen atoms in total. The second kappa shape index (κ2) is 5.37. The number of fused-ring (bicyclic) bond motifs is 1. The minimum atomic E-state index is -0.412. The normalized spacial score (nSPS) is 16.4. The summed E-state index contributed by atoms with van der Waals surface area (Å²) >= 11 is 1.30. The van der Waals surface area contributed by atoms with E-state index in [-0.39, 0.29) is 18.5 Å². The van der Waals surface area contributed by atoms with Crippen molar-refractivity contribution in [2.24, 2.45) is 0 Å². The third-order valence-electron chi connectivity index (χ3n) is 3.32. The van der Waals surface area contributed by atoms with E-state index in [1.165, 1.54) is 23.5 Å². The minimum absolute atomic E-state index is 0.131. The fourth-order valence-electron chi connectivity index (χ4n) is 2.22. The zero-order chi connectivity index (χ0) is 15.0. The Balaban J connectivity index is 1.58. The summed E-state index contributed by atoms with van der Waals surface area (Å²) < 4.78 is 24.0. The van der Waals surface area contributed by atoms with Crippen LogP contribution in [0.25, 0.3) is 0 Å². The summed E-state index contributed by atoms with van der Waals surface area (Å²) in [5.41, 5.74) is 7.10. The molecule has 3 rings (SSSR count). The first-order chi connectivity index (χ1) is 10.0. The Morgan fingerprint density at radius 1 is 1.52 bits per heavy atom. The Kier molecular flexibility index (Phi) is 3.55. The van der Waals surface area contributed by atoms with E-state index >= 15 is 0 Å². The van der Waals surface area contributed by atoms with Gasteiger partial charge >= 0.3 is 5.97 Å². The van der Waals surface area contributed by atoms with Crippen LogP contribution in [0.3, 0.4) is 0 Å². The highest BCUT2D eigenvalue weighted by atomic mass is 32.1. The standard InChI is InChI=1S/C15H14FNO3S/c1-8-12(17)6-14(21-8)15(18)19-7-11-5-9-4-10(16)2-3-13(9)20-11/h2-4,6,11H,5,7,17H2,1H3. The number of thiophene rings is 1. The van der Waals surface area contributed by atoms with Crippen molar-refractivity contribution in [3.63, 3.8) is 0 Å². The summed E-state index contributed by atoms with van der Waals surface area (Å²) in [5, 5.41) is 0. The molecule has 2 heterocycles. The van der Waals surface area contributed by atoms with E-state index in [1.807, 2.05) is 6.92 Å². The van der Waals surface area contributed by atoms with Crippen molar-refractivity contribution in [1.82, 2.24) is 0 Å². The van der Waals surface area contributed by atoms with Gasteiger partial charge < -0.3 is 15.2 Å². The Morgan fingerprint density at radius 2 is 2.33 bits per heavy atom. The number of nitrogens with two attached hydrogens (primary N) is 1. The molecule has 1 aliphatic heterocycles. The molecule has 1 aromatic carbocycles. The van der Waals surface area contributed by atoms with Crippen LogP contribution >= 0.6 is 11.3 Å². The van der Waals surface area contributed by atoms with Crippen LogP contribution in [0.2, 0.25) is 0 Å². The summed E-state index contributed by atoms with van der Waals surface area (Å²) in [5.74, 6) is -0.0567. The number of ether oxygens (including phenoxy) is 2. The van der Waals surface area contributed by atoms with Crippen molar-refractivity contribution < 1.29 is 18.7 Å². The topological polar surface area (TPSA) is 61.5 Å². The van der Waals surface area contributed by atoms with Crippen LogP contribution in [-0.4, -0.2) is 18.7 Å². The second-order valence-electron chi connectivity index (χ2n) is 4.92. The lowest BCUT2D eigenvalue weighted by Gasteiger charge is -2.10. The lowest BCUT2D eigenvalue weighted by atomic mass is 10.1. The Bertz CT molecular complexity index is 679. The van der Waals surface area contributed by atoms with Crippen LogP contribution in [0, 0.1) is 12.7 Å². The zero-order valence-corrected chi connectivity index (χ0v) is 12.2. The smallest absolute Gasteiger partial charge is 0.348 e. The van der Waals surface area contributed by atoms with Gasteiger partial charge in [0.2, 0.25) is 0 Å². The average Bonchev–Trinajstić information content (AvgIpc) is 2.99. The monoisotopic (exact) mass is 307 g/mol.